The lowest BCUT2D eigenvalue weighted by atomic mass is 10.0. The number of aliphatic carboxylic acids is 1. The summed E-state index contributed by atoms with van der Waals surface area (Å²) < 4.78 is 47.7. The fraction of sp³-hybridized carbons (Fsp3) is 0.926. The number of hydrogen-bond acceptors (Lipinski definition) is 22. The normalized spacial score (nSPS) is 45.3. The number of aldehydes is 1. The Hall–Kier alpha value is -1.66. The molecule has 0 aromatic rings. The highest BCUT2D eigenvalue weighted by Gasteiger charge is 2.50. The number of methoxy groups -OCH3 is 1. The second-order valence-electron chi connectivity index (χ2n) is 12.0. The van der Waals surface area contributed by atoms with Crippen LogP contribution in [0.1, 0.15) is 0 Å². The highest BCUT2D eigenvalue weighted by atomic mass is 16.8. The summed E-state index contributed by atoms with van der Waals surface area (Å²) in [6.45, 7) is -1.86. The van der Waals surface area contributed by atoms with Crippen LogP contribution < -0.4 is 0 Å². The largest absolute Gasteiger partial charge is 0.479 e. The standard InChI is InChI=1S/C27H44O23/c1-42-22(21(39)23(40)41)16(34)8(2-28)47-25-18(36)13(31)10(4-44-25)49-27-20(38)15(33)11(6-46-27)50-26-19(37)14(32)9(5-45-26)48-24-17(35)12(30)7(29)3-43-24/h2,7-22,24-27,29-39H,3-6H2,1H3,(H,40,41)/t7-,8+,9-,10-,11-,12+,13+,14+,15+,16-,17-,18-,19-,20-,21+,22+,24+,25+,26+,27+/m1/s1. The molecule has 0 aromatic carbocycles. The van der Waals surface area contributed by atoms with Crippen molar-refractivity contribution in [3.05, 3.63) is 0 Å². The molecule has 0 amide bonds. The summed E-state index contributed by atoms with van der Waals surface area (Å²) in [5.74, 6) is -1.77. The van der Waals surface area contributed by atoms with Gasteiger partial charge in [0.15, 0.2) is 37.6 Å². The molecular formula is C27H44O23. The molecule has 0 saturated carbocycles. The molecule has 4 saturated heterocycles. The molecule has 12 N–H and O–H groups in total. The fourth-order valence-electron chi connectivity index (χ4n) is 5.57. The van der Waals surface area contributed by atoms with Gasteiger partial charge in [0.25, 0.3) is 0 Å². The van der Waals surface area contributed by atoms with Crippen molar-refractivity contribution in [2.24, 2.45) is 0 Å². The van der Waals surface area contributed by atoms with Crippen LogP contribution in [0.15, 0.2) is 0 Å². The topological polar surface area (TPSA) is 360 Å². The highest BCUT2D eigenvalue weighted by molar-refractivity contribution is 5.73. The summed E-state index contributed by atoms with van der Waals surface area (Å²) in [7, 11) is 0.957. The Balaban J connectivity index is 1.26. The summed E-state index contributed by atoms with van der Waals surface area (Å²) in [5.41, 5.74) is 0. The monoisotopic (exact) mass is 736 g/mol. The first-order valence-corrected chi connectivity index (χ1v) is 15.4. The minimum absolute atomic E-state index is 0.0309. The second kappa shape index (κ2) is 17.9. The van der Waals surface area contributed by atoms with Crippen LogP contribution in [-0.4, -0.2) is 230 Å². The van der Waals surface area contributed by atoms with E-state index in [0.29, 0.717) is 0 Å². The van der Waals surface area contributed by atoms with Crippen molar-refractivity contribution in [1.29, 1.82) is 0 Å². The number of carbonyl (C=O) groups is 2. The van der Waals surface area contributed by atoms with Crippen molar-refractivity contribution >= 4 is 12.3 Å². The van der Waals surface area contributed by atoms with E-state index in [9.17, 15) is 65.8 Å². The third-order valence-corrected chi connectivity index (χ3v) is 8.62. The molecule has 20 atom stereocenters. The molecule has 0 unspecified atom stereocenters. The van der Waals surface area contributed by atoms with E-state index in [4.69, 9.17) is 47.7 Å². The molecule has 0 aromatic heterocycles. The van der Waals surface area contributed by atoms with E-state index in [1.807, 2.05) is 0 Å². The SMILES string of the molecule is CO[C@@H]([C@H](O)[C@H](C=O)O[C@@H]1OC[C@@H](O[C@@H]2OC[C@@H](O[C@@H]3OC[C@@H](O[C@@H]4OC[C@@H](O)[C@H](O)[C@H]4O)[C@H](O)[C@H]3O)[C@H](O)[C@H]2O)[C@H](O)[C@H]1O)[C@H](O)C(=O)O. The van der Waals surface area contributed by atoms with E-state index in [1.165, 1.54) is 0 Å². The molecule has 4 aliphatic rings. The maximum atomic E-state index is 11.6. The lowest BCUT2D eigenvalue weighted by Gasteiger charge is -2.44. The molecule has 4 heterocycles. The lowest BCUT2D eigenvalue weighted by molar-refractivity contribution is -0.358. The maximum Gasteiger partial charge on any atom is 0.335 e. The zero-order chi connectivity index (χ0) is 37.0. The molecule has 4 rings (SSSR count). The Morgan fingerprint density at radius 3 is 1.40 bits per heavy atom. The van der Waals surface area contributed by atoms with E-state index in [1.54, 1.807) is 0 Å². The van der Waals surface area contributed by atoms with Gasteiger partial charge >= 0.3 is 5.97 Å². The third kappa shape index (κ3) is 9.10. The van der Waals surface area contributed by atoms with Gasteiger partial charge in [-0.25, -0.2) is 4.79 Å². The van der Waals surface area contributed by atoms with Gasteiger partial charge in [0.1, 0.15) is 91.6 Å². The molecule has 0 spiro atoms. The summed E-state index contributed by atoms with van der Waals surface area (Å²) in [6, 6.07) is 0. The Kier molecular flexibility index (Phi) is 14.7. The Morgan fingerprint density at radius 2 is 1.00 bits per heavy atom. The van der Waals surface area contributed by atoms with Crippen LogP contribution in [0.5, 0.6) is 0 Å². The first kappa shape index (κ1) is 41.1. The maximum absolute atomic E-state index is 11.6. The average molecular weight is 737 g/mol. The van der Waals surface area contributed by atoms with E-state index in [-0.39, 0.29) is 12.9 Å². The summed E-state index contributed by atoms with van der Waals surface area (Å²) in [6.07, 6.45) is -34.1. The van der Waals surface area contributed by atoms with Gasteiger partial charge in [-0.05, 0) is 0 Å². The van der Waals surface area contributed by atoms with Crippen LogP contribution in [0.2, 0.25) is 0 Å². The van der Waals surface area contributed by atoms with Crippen molar-refractivity contribution in [2.75, 3.05) is 33.5 Å². The minimum atomic E-state index is -2.26. The number of hydrogen-bond donors (Lipinski definition) is 12. The molecule has 50 heavy (non-hydrogen) atoms. The van der Waals surface area contributed by atoms with Crippen molar-refractivity contribution in [2.45, 2.75) is 123 Å². The first-order chi connectivity index (χ1) is 23.6. The molecular weight excluding hydrogens is 692 g/mol. The van der Waals surface area contributed by atoms with Crippen LogP contribution in [0.3, 0.4) is 0 Å². The van der Waals surface area contributed by atoms with Crippen molar-refractivity contribution in [3.8, 4) is 0 Å². The predicted octanol–water partition coefficient (Wildman–Crippen LogP) is -8.78. The number of ether oxygens (including phenoxy) is 9. The molecule has 0 aliphatic carbocycles. The van der Waals surface area contributed by atoms with Gasteiger partial charge in [-0.1, -0.05) is 0 Å². The van der Waals surface area contributed by atoms with Crippen molar-refractivity contribution < 1.29 is 113 Å². The number of aliphatic hydroxyl groups excluding tert-OH is 11. The smallest absolute Gasteiger partial charge is 0.335 e. The first-order valence-electron chi connectivity index (χ1n) is 15.4. The molecule has 0 bridgehead atoms. The van der Waals surface area contributed by atoms with Crippen LogP contribution >= 0.6 is 0 Å². The summed E-state index contributed by atoms with van der Waals surface area (Å²) in [5, 5.41) is 122. The van der Waals surface area contributed by atoms with E-state index < -0.39 is 149 Å². The number of aliphatic hydroxyl groups is 11. The molecule has 23 nitrogen and oxygen atoms in total. The van der Waals surface area contributed by atoms with Gasteiger partial charge in [0.05, 0.1) is 26.4 Å². The minimum Gasteiger partial charge on any atom is -0.479 e. The molecule has 23 heteroatoms. The summed E-state index contributed by atoms with van der Waals surface area (Å²) in [4.78, 5) is 22.7. The fourth-order valence-corrected chi connectivity index (χ4v) is 5.57. The zero-order valence-electron chi connectivity index (χ0n) is 26.3. The highest BCUT2D eigenvalue weighted by Crippen LogP contribution is 2.29. The quantitative estimate of drug-likeness (QED) is 0.0736. The second-order valence-corrected chi connectivity index (χ2v) is 12.0. The summed E-state index contributed by atoms with van der Waals surface area (Å²) >= 11 is 0. The molecule has 4 fully saturated rings. The Morgan fingerprint density at radius 1 is 0.620 bits per heavy atom. The van der Waals surface area contributed by atoms with Crippen LogP contribution in [0.25, 0.3) is 0 Å². The van der Waals surface area contributed by atoms with Gasteiger partial charge in [-0.2, -0.15) is 0 Å². The average Bonchev–Trinajstić information content (AvgIpc) is 3.09. The van der Waals surface area contributed by atoms with E-state index in [2.05, 4.69) is 0 Å². The Labute approximate surface area is 282 Å². The van der Waals surface area contributed by atoms with Crippen molar-refractivity contribution in [1.82, 2.24) is 0 Å². The number of rotatable bonds is 14. The van der Waals surface area contributed by atoms with Gasteiger partial charge in [-0.15, -0.1) is 0 Å². The Bertz CT molecular complexity index is 1090. The number of carbonyl (C=O) groups excluding carboxylic acids is 1. The lowest BCUT2D eigenvalue weighted by Crippen LogP contribution is -2.62. The molecule has 4 aliphatic heterocycles. The van der Waals surface area contributed by atoms with Gasteiger partial charge in [0.2, 0.25) is 0 Å². The number of carboxylic acid groups (broad SMARTS) is 1. The zero-order valence-corrected chi connectivity index (χ0v) is 26.3. The third-order valence-electron chi connectivity index (χ3n) is 8.62. The van der Waals surface area contributed by atoms with Gasteiger partial charge in [-0.3, -0.25) is 0 Å². The van der Waals surface area contributed by atoms with Crippen LogP contribution in [0.4, 0.5) is 0 Å². The molecule has 0 radical (unpaired) electrons. The predicted molar refractivity (Wildman–Crippen MR) is 149 cm³/mol. The van der Waals surface area contributed by atoms with E-state index >= 15 is 0 Å². The van der Waals surface area contributed by atoms with Crippen molar-refractivity contribution in [3.63, 3.8) is 0 Å². The van der Waals surface area contributed by atoms with Crippen LogP contribution in [0, 0.1) is 0 Å². The number of carboxylic acids is 1. The van der Waals surface area contributed by atoms with Gasteiger partial charge < -0.3 is 109 Å². The molecule has 290 valence electrons. The van der Waals surface area contributed by atoms with E-state index in [0.717, 1.165) is 7.11 Å². The van der Waals surface area contributed by atoms with Gasteiger partial charge in [0, 0.05) is 7.11 Å². The van der Waals surface area contributed by atoms with Crippen LogP contribution in [-0.2, 0) is 52.2 Å².